The zero-order chi connectivity index (χ0) is 19.6. The minimum atomic E-state index is -0.829. The Bertz CT molecular complexity index is 918. The number of carboxylic acid groups (broad SMARTS) is 1. The predicted molar refractivity (Wildman–Crippen MR) is 104 cm³/mol. The minimum Gasteiger partial charge on any atom is -0.481 e. The second-order valence-corrected chi connectivity index (χ2v) is 8.35. The number of aromatic nitrogens is 2. The Morgan fingerprint density at radius 3 is 2.81 bits per heavy atom. The van der Waals surface area contributed by atoms with Gasteiger partial charge in [0, 0.05) is 36.7 Å². The second kappa shape index (κ2) is 8.21. The van der Waals surface area contributed by atoms with Crippen LogP contribution in [0.25, 0.3) is 10.2 Å². The summed E-state index contributed by atoms with van der Waals surface area (Å²) < 4.78 is 0. The molecule has 27 heavy (non-hydrogen) atoms. The Labute approximate surface area is 161 Å². The van der Waals surface area contributed by atoms with E-state index in [1.165, 1.54) is 11.3 Å². The van der Waals surface area contributed by atoms with Gasteiger partial charge < -0.3 is 15.0 Å². The summed E-state index contributed by atoms with van der Waals surface area (Å²) in [7, 11) is 0. The van der Waals surface area contributed by atoms with E-state index in [-0.39, 0.29) is 30.3 Å². The molecule has 2 aromatic rings. The number of fused-ring (bicyclic) bond motifs is 1. The largest absolute Gasteiger partial charge is 0.481 e. The van der Waals surface area contributed by atoms with Crippen LogP contribution in [0, 0.1) is 13.8 Å². The van der Waals surface area contributed by atoms with E-state index in [0.717, 1.165) is 29.7 Å². The molecular weight excluding hydrogens is 366 g/mol. The summed E-state index contributed by atoms with van der Waals surface area (Å²) in [6.45, 7) is 4.56. The highest BCUT2D eigenvalue weighted by Crippen LogP contribution is 2.26. The average molecular weight is 391 g/mol. The number of hydrogen-bond acceptors (Lipinski definition) is 5. The van der Waals surface area contributed by atoms with Crippen molar-refractivity contribution < 1.29 is 14.7 Å². The maximum absolute atomic E-state index is 12.7. The van der Waals surface area contributed by atoms with Gasteiger partial charge in [-0.05, 0) is 45.1 Å². The van der Waals surface area contributed by atoms with Crippen LogP contribution in [-0.4, -0.2) is 44.4 Å². The lowest BCUT2D eigenvalue weighted by molar-refractivity contribution is -0.140. The quantitative estimate of drug-likeness (QED) is 0.788. The monoisotopic (exact) mass is 391 g/mol. The number of amides is 1. The smallest absolute Gasteiger partial charge is 0.303 e. The maximum Gasteiger partial charge on any atom is 0.303 e. The zero-order valence-electron chi connectivity index (χ0n) is 15.7. The SMILES string of the molecule is Cc1sc2nc(CCC(=O)N3CCCCC3CCC(=O)O)[nH]c(=O)c2c1C. The van der Waals surface area contributed by atoms with Gasteiger partial charge in [-0.25, -0.2) is 4.98 Å². The lowest BCUT2D eigenvalue weighted by atomic mass is 9.97. The van der Waals surface area contributed by atoms with Crippen LogP contribution in [0.5, 0.6) is 0 Å². The molecule has 1 aliphatic rings. The Morgan fingerprint density at radius 2 is 2.07 bits per heavy atom. The van der Waals surface area contributed by atoms with Crippen molar-refractivity contribution in [2.45, 2.75) is 64.8 Å². The number of aryl methyl sites for hydroxylation is 3. The number of carbonyl (C=O) groups excluding carboxylic acids is 1. The highest BCUT2D eigenvalue weighted by molar-refractivity contribution is 7.18. The first kappa shape index (κ1) is 19.5. The molecule has 1 aliphatic heterocycles. The van der Waals surface area contributed by atoms with Gasteiger partial charge in [-0.1, -0.05) is 0 Å². The summed E-state index contributed by atoms with van der Waals surface area (Å²) >= 11 is 1.50. The molecule has 1 unspecified atom stereocenters. The molecule has 0 aliphatic carbocycles. The summed E-state index contributed by atoms with van der Waals surface area (Å²) in [6.07, 6.45) is 4.05. The lowest BCUT2D eigenvalue weighted by Gasteiger charge is -2.35. The van der Waals surface area contributed by atoms with Crippen molar-refractivity contribution in [1.29, 1.82) is 0 Å². The van der Waals surface area contributed by atoms with Crippen molar-refractivity contribution in [3.63, 3.8) is 0 Å². The number of nitrogens with one attached hydrogen (secondary N) is 1. The molecule has 1 amide bonds. The number of thiophene rings is 1. The van der Waals surface area contributed by atoms with Crippen LogP contribution in [-0.2, 0) is 16.0 Å². The highest BCUT2D eigenvalue weighted by Gasteiger charge is 2.27. The van der Waals surface area contributed by atoms with E-state index in [4.69, 9.17) is 5.11 Å². The molecule has 2 aromatic heterocycles. The van der Waals surface area contributed by atoms with Crippen LogP contribution in [0.15, 0.2) is 4.79 Å². The van der Waals surface area contributed by atoms with Gasteiger partial charge in [-0.3, -0.25) is 14.4 Å². The molecule has 8 heteroatoms. The molecule has 0 radical (unpaired) electrons. The van der Waals surface area contributed by atoms with Crippen molar-refractivity contribution in [2.75, 3.05) is 6.54 Å². The summed E-state index contributed by atoms with van der Waals surface area (Å²) in [5.41, 5.74) is 0.808. The number of hydrogen-bond donors (Lipinski definition) is 2. The fraction of sp³-hybridized carbons (Fsp3) is 0.579. The van der Waals surface area contributed by atoms with E-state index in [1.54, 1.807) is 0 Å². The predicted octanol–water partition coefficient (Wildman–Crippen LogP) is 2.78. The van der Waals surface area contributed by atoms with Gasteiger partial charge in [0.1, 0.15) is 10.7 Å². The van der Waals surface area contributed by atoms with Gasteiger partial charge in [0.15, 0.2) is 0 Å². The van der Waals surface area contributed by atoms with E-state index in [1.807, 2.05) is 18.7 Å². The Kier molecular flexibility index (Phi) is 5.94. The number of carboxylic acids is 1. The molecule has 1 atom stereocenters. The summed E-state index contributed by atoms with van der Waals surface area (Å²) in [6, 6.07) is -0.000525. The molecule has 0 bridgehead atoms. The van der Waals surface area contributed by atoms with Gasteiger partial charge in [-0.2, -0.15) is 0 Å². The van der Waals surface area contributed by atoms with Crippen molar-refractivity contribution >= 4 is 33.4 Å². The number of H-pyrrole nitrogens is 1. The molecule has 1 saturated heterocycles. The first-order valence-electron chi connectivity index (χ1n) is 9.37. The highest BCUT2D eigenvalue weighted by atomic mass is 32.1. The Hall–Kier alpha value is -2.22. The third-order valence-corrected chi connectivity index (χ3v) is 6.40. The molecule has 2 N–H and O–H groups in total. The van der Waals surface area contributed by atoms with Crippen LogP contribution >= 0.6 is 11.3 Å². The summed E-state index contributed by atoms with van der Waals surface area (Å²) in [5.74, 6) is -0.294. The van der Waals surface area contributed by atoms with E-state index >= 15 is 0 Å². The van der Waals surface area contributed by atoms with Gasteiger partial charge in [-0.15, -0.1) is 11.3 Å². The van der Waals surface area contributed by atoms with Crippen LogP contribution in [0.2, 0.25) is 0 Å². The number of rotatable bonds is 6. The number of carbonyl (C=O) groups is 2. The Morgan fingerprint density at radius 1 is 1.30 bits per heavy atom. The molecule has 146 valence electrons. The summed E-state index contributed by atoms with van der Waals surface area (Å²) in [5, 5.41) is 9.55. The van der Waals surface area contributed by atoms with Gasteiger partial charge in [0.05, 0.1) is 5.39 Å². The number of likely N-dealkylation sites (tertiary alicyclic amines) is 1. The molecule has 7 nitrogen and oxygen atoms in total. The third-order valence-electron chi connectivity index (χ3n) is 5.30. The molecule has 3 rings (SSSR count). The third kappa shape index (κ3) is 4.37. The lowest BCUT2D eigenvalue weighted by Crippen LogP contribution is -2.44. The van der Waals surface area contributed by atoms with Crippen molar-refractivity contribution in [3.8, 4) is 0 Å². The fourth-order valence-electron chi connectivity index (χ4n) is 3.71. The maximum atomic E-state index is 12.7. The van der Waals surface area contributed by atoms with Crippen LogP contribution in [0.3, 0.4) is 0 Å². The molecule has 1 fully saturated rings. The first-order chi connectivity index (χ1) is 12.9. The molecule has 0 aromatic carbocycles. The van der Waals surface area contributed by atoms with Crippen LogP contribution < -0.4 is 5.56 Å². The van der Waals surface area contributed by atoms with E-state index < -0.39 is 5.97 Å². The zero-order valence-corrected chi connectivity index (χ0v) is 16.5. The van der Waals surface area contributed by atoms with Gasteiger partial charge in [0.25, 0.3) is 5.56 Å². The first-order valence-corrected chi connectivity index (χ1v) is 10.2. The van der Waals surface area contributed by atoms with E-state index in [2.05, 4.69) is 9.97 Å². The molecule has 0 saturated carbocycles. The number of aliphatic carboxylic acids is 1. The van der Waals surface area contributed by atoms with Crippen LogP contribution in [0.4, 0.5) is 0 Å². The van der Waals surface area contributed by atoms with Gasteiger partial charge in [0.2, 0.25) is 5.91 Å². The topological polar surface area (TPSA) is 103 Å². The van der Waals surface area contributed by atoms with Crippen molar-refractivity contribution in [2.24, 2.45) is 0 Å². The number of piperidine rings is 1. The minimum absolute atomic E-state index is 0.000525. The fourth-order valence-corrected chi connectivity index (χ4v) is 4.75. The van der Waals surface area contributed by atoms with Crippen LogP contribution in [0.1, 0.15) is 54.8 Å². The molecular formula is C19H25N3O4S. The van der Waals surface area contributed by atoms with E-state index in [9.17, 15) is 14.4 Å². The number of nitrogens with zero attached hydrogens (tertiary/aromatic N) is 2. The molecule has 0 spiro atoms. The van der Waals surface area contributed by atoms with Crippen molar-refractivity contribution in [3.05, 3.63) is 26.6 Å². The normalized spacial score (nSPS) is 17.4. The second-order valence-electron chi connectivity index (χ2n) is 7.15. The Balaban J connectivity index is 1.68. The van der Waals surface area contributed by atoms with Crippen molar-refractivity contribution in [1.82, 2.24) is 14.9 Å². The summed E-state index contributed by atoms with van der Waals surface area (Å²) in [4.78, 5) is 46.8. The molecule has 3 heterocycles. The standard InChI is InChI=1S/C19H25N3O4S/c1-11-12(2)27-19-17(11)18(26)20-14(21-19)7-8-15(23)22-10-4-3-5-13(22)6-9-16(24)25/h13H,3-10H2,1-2H3,(H,24,25)(H,20,21,26). The van der Waals surface area contributed by atoms with E-state index in [0.29, 0.717) is 35.4 Å². The number of aromatic amines is 1. The average Bonchev–Trinajstić information content (AvgIpc) is 2.92. The van der Waals surface area contributed by atoms with Gasteiger partial charge >= 0.3 is 5.97 Å².